The summed E-state index contributed by atoms with van der Waals surface area (Å²) in [5, 5.41) is 16.4. The van der Waals surface area contributed by atoms with Gasteiger partial charge in [0.1, 0.15) is 0 Å². The summed E-state index contributed by atoms with van der Waals surface area (Å²) in [5.74, 6) is 0. The maximum absolute atomic E-state index is 10.0. The molecular formula is C10H13IN2O. The molecule has 2 atom stereocenters. The third-order valence-corrected chi connectivity index (χ3v) is 3.17. The van der Waals surface area contributed by atoms with Crippen LogP contribution in [-0.2, 0) is 0 Å². The molecule has 2 unspecified atom stereocenters. The molecule has 0 aliphatic carbocycles. The Morgan fingerprint density at radius 1 is 1.36 bits per heavy atom. The zero-order chi connectivity index (χ0) is 9.97. The minimum Gasteiger partial charge on any atom is -0.387 e. The first-order chi connectivity index (χ1) is 6.77. The number of hydrogen-bond acceptors (Lipinski definition) is 3. The van der Waals surface area contributed by atoms with Crippen LogP contribution in [0, 0.1) is 3.57 Å². The van der Waals surface area contributed by atoms with Crippen molar-refractivity contribution in [1.29, 1.82) is 0 Å². The maximum Gasteiger partial charge on any atom is 0.0955 e. The average molecular weight is 304 g/mol. The molecule has 2 rings (SSSR count). The first kappa shape index (κ1) is 10.4. The number of nitrogens with one attached hydrogen (secondary N) is 2. The van der Waals surface area contributed by atoms with Crippen LogP contribution >= 0.6 is 22.6 Å². The van der Waals surface area contributed by atoms with E-state index in [0.717, 1.165) is 18.8 Å². The van der Waals surface area contributed by atoms with Gasteiger partial charge in [0, 0.05) is 16.8 Å². The van der Waals surface area contributed by atoms with Crippen molar-refractivity contribution < 1.29 is 5.11 Å². The van der Waals surface area contributed by atoms with Crippen LogP contribution in [0.2, 0.25) is 0 Å². The average Bonchev–Trinajstić information content (AvgIpc) is 2.71. The lowest BCUT2D eigenvalue weighted by atomic mass is 10.0. The van der Waals surface area contributed by atoms with Gasteiger partial charge in [-0.2, -0.15) is 0 Å². The Bertz CT molecular complexity index is 295. The molecule has 0 saturated carbocycles. The van der Waals surface area contributed by atoms with Crippen LogP contribution < -0.4 is 10.6 Å². The predicted octanol–water partition coefficient (Wildman–Crippen LogP) is 0.843. The second-order valence-electron chi connectivity index (χ2n) is 3.44. The Labute approximate surface area is 97.0 Å². The zero-order valence-electron chi connectivity index (χ0n) is 7.70. The van der Waals surface area contributed by atoms with E-state index < -0.39 is 6.10 Å². The fourth-order valence-corrected chi connectivity index (χ4v) is 1.98. The van der Waals surface area contributed by atoms with E-state index in [1.807, 2.05) is 24.3 Å². The number of rotatable bonds is 2. The largest absolute Gasteiger partial charge is 0.387 e. The van der Waals surface area contributed by atoms with Crippen LogP contribution in [0.1, 0.15) is 11.7 Å². The van der Waals surface area contributed by atoms with Crippen molar-refractivity contribution in [1.82, 2.24) is 10.6 Å². The Morgan fingerprint density at radius 2 is 2.07 bits per heavy atom. The van der Waals surface area contributed by atoms with Crippen LogP contribution in [0.25, 0.3) is 0 Å². The number of hydrogen-bond donors (Lipinski definition) is 3. The standard InChI is InChI=1S/C10H13IN2O/c11-8-3-1-7(2-4-8)10(14)9-5-12-6-13-9/h1-4,9-10,12-14H,5-6H2. The maximum atomic E-state index is 10.0. The molecule has 1 aliphatic heterocycles. The summed E-state index contributed by atoms with van der Waals surface area (Å²) >= 11 is 2.26. The molecular weight excluding hydrogens is 291 g/mol. The molecule has 1 heterocycles. The van der Waals surface area contributed by atoms with Gasteiger partial charge in [-0.25, -0.2) is 0 Å². The van der Waals surface area contributed by atoms with Crippen LogP contribution in [0.3, 0.4) is 0 Å². The smallest absolute Gasteiger partial charge is 0.0955 e. The lowest BCUT2D eigenvalue weighted by molar-refractivity contribution is 0.142. The molecule has 0 amide bonds. The molecule has 0 bridgehead atoms. The first-order valence-corrected chi connectivity index (χ1v) is 5.73. The van der Waals surface area contributed by atoms with Gasteiger partial charge in [-0.05, 0) is 40.3 Å². The predicted molar refractivity (Wildman–Crippen MR) is 63.9 cm³/mol. The molecule has 1 aromatic carbocycles. The van der Waals surface area contributed by atoms with Gasteiger partial charge in [-0.3, -0.25) is 5.32 Å². The van der Waals surface area contributed by atoms with E-state index in [2.05, 4.69) is 33.2 Å². The van der Waals surface area contributed by atoms with Crippen LogP contribution in [0.15, 0.2) is 24.3 Å². The molecule has 3 nitrogen and oxygen atoms in total. The minimum atomic E-state index is -0.415. The molecule has 4 heteroatoms. The number of aliphatic hydroxyl groups is 1. The zero-order valence-corrected chi connectivity index (χ0v) is 9.86. The summed E-state index contributed by atoms with van der Waals surface area (Å²) < 4.78 is 1.19. The second kappa shape index (κ2) is 4.57. The van der Waals surface area contributed by atoms with E-state index >= 15 is 0 Å². The number of benzene rings is 1. The van der Waals surface area contributed by atoms with E-state index in [0.29, 0.717) is 0 Å². The van der Waals surface area contributed by atoms with Gasteiger partial charge in [0.05, 0.1) is 12.1 Å². The third-order valence-electron chi connectivity index (χ3n) is 2.45. The highest BCUT2D eigenvalue weighted by molar-refractivity contribution is 14.1. The summed E-state index contributed by atoms with van der Waals surface area (Å²) in [6.45, 7) is 1.61. The van der Waals surface area contributed by atoms with Gasteiger partial charge in [0.25, 0.3) is 0 Å². The van der Waals surface area contributed by atoms with Gasteiger partial charge < -0.3 is 10.4 Å². The van der Waals surface area contributed by atoms with Crippen molar-refractivity contribution in [2.75, 3.05) is 13.2 Å². The minimum absolute atomic E-state index is 0.134. The van der Waals surface area contributed by atoms with Crippen LogP contribution in [-0.4, -0.2) is 24.4 Å². The molecule has 1 saturated heterocycles. The number of halogens is 1. The number of aliphatic hydroxyl groups excluding tert-OH is 1. The molecule has 3 N–H and O–H groups in total. The van der Waals surface area contributed by atoms with Crippen molar-refractivity contribution >= 4 is 22.6 Å². The fraction of sp³-hybridized carbons (Fsp3) is 0.400. The highest BCUT2D eigenvalue weighted by Crippen LogP contribution is 2.18. The highest BCUT2D eigenvalue weighted by Gasteiger charge is 2.23. The van der Waals surface area contributed by atoms with Crippen LogP contribution in [0.4, 0.5) is 0 Å². The third kappa shape index (κ3) is 2.25. The monoisotopic (exact) mass is 304 g/mol. The first-order valence-electron chi connectivity index (χ1n) is 4.65. The fourth-order valence-electron chi connectivity index (χ4n) is 1.62. The molecule has 14 heavy (non-hydrogen) atoms. The van der Waals surface area contributed by atoms with Crippen molar-refractivity contribution in [3.8, 4) is 0 Å². The normalized spacial score (nSPS) is 23.7. The highest BCUT2D eigenvalue weighted by atomic mass is 127. The molecule has 1 fully saturated rings. The summed E-state index contributed by atoms with van der Waals surface area (Å²) in [6, 6.07) is 8.12. The van der Waals surface area contributed by atoms with E-state index in [4.69, 9.17) is 0 Å². The Morgan fingerprint density at radius 3 is 2.64 bits per heavy atom. The Balaban J connectivity index is 2.09. The van der Waals surface area contributed by atoms with Gasteiger partial charge in [0.15, 0.2) is 0 Å². The van der Waals surface area contributed by atoms with E-state index in [1.165, 1.54) is 3.57 Å². The molecule has 1 aliphatic rings. The second-order valence-corrected chi connectivity index (χ2v) is 4.68. The van der Waals surface area contributed by atoms with Crippen molar-refractivity contribution in [3.05, 3.63) is 33.4 Å². The molecule has 1 aromatic rings. The summed E-state index contributed by atoms with van der Waals surface area (Å²) in [6.07, 6.45) is -0.415. The SMILES string of the molecule is OC(c1ccc(I)cc1)C1CNCN1. The Kier molecular flexibility index (Phi) is 3.38. The summed E-state index contributed by atoms with van der Waals surface area (Å²) in [4.78, 5) is 0. The molecule has 76 valence electrons. The van der Waals surface area contributed by atoms with Gasteiger partial charge in [0.2, 0.25) is 0 Å². The van der Waals surface area contributed by atoms with Gasteiger partial charge in [-0.1, -0.05) is 12.1 Å². The van der Waals surface area contributed by atoms with Crippen molar-refractivity contribution in [3.63, 3.8) is 0 Å². The van der Waals surface area contributed by atoms with E-state index in [-0.39, 0.29) is 6.04 Å². The lowest BCUT2D eigenvalue weighted by Gasteiger charge is -2.17. The van der Waals surface area contributed by atoms with E-state index in [9.17, 15) is 5.11 Å². The molecule has 0 radical (unpaired) electrons. The van der Waals surface area contributed by atoms with Gasteiger partial charge in [-0.15, -0.1) is 0 Å². The summed E-state index contributed by atoms with van der Waals surface area (Å²) in [5.41, 5.74) is 0.978. The van der Waals surface area contributed by atoms with Crippen molar-refractivity contribution in [2.24, 2.45) is 0 Å². The summed E-state index contributed by atoms with van der Waals surface area (Å²) in [7, 11) is 0. The molecule has 0 aromatic heterocycles. The quantitative estimate of drug-likeness (QED) is 0.710. The lowest BCUT2D eigenvalue weighted by Crippen LogP contribution is -2.30. The Hall–Kier alpha value is -0.170. The van der Waals surface area contributed by atoms with E-state index in [1.54, 1.807) is 0 Å². The van der Waals surface area contributed by atoms with Crippen molar-refractivity contribution in [2.45, 2.75) is 12.1 Å². The van der Waals surface area contributed by atoms with Gasteiger partial charge >= 0.3 is 0 Å². The molecule has 0 spiro atoms. The topological polar surface area (TPSA) is 44.3 Å². The van der Waals surface area contributed by atoms with Crippen LogP contribution in [0.5, 0.6) is 0 Å².